The van der Waals surface area contributed by atoms with Crippen LogP contribution in [-0.4, -0.2) is 34.3 Å². The highest BCUT2D eigenvalue weighted by Crippen LogP contribution is 2.36. The number of carboxylic acid groups (broad SMARTS) is 1. The number of amides is 1. The van der Waals surface area contributed by atoms with E-state index in [0.717, 1.165) is 5.56 Å². The molecular weight excluding hydrogens is 465 g/mol. The van der Waals surface area contributed by atoms with Gasteiger partial charge in [-0.25, -0.2) is 9.18 Å². The lowest BCUT2D eigenvalue weighted by molar-refractivity contribution is -0.119. The van der Waals surface area contributed by atoms with Gasteiger partial charge < -0.3 is 21.1 Å². The van der Waals surface area contributed by atoms with E-state index in [0.29, 0.717) is 39.4 Å². The van der Waals surface area contributed by atoms with Gasteiger partial charge in [0, 0.05) is 29.7 Å². The van der Waals surface area contributed by atoms with Gasteiger partial charge in [-0.15, -0.1) is 0 Å². The van der Waals surface area contributed by atoms with E-state index in [-0.39, 0.29) is 23.5 Å². The Labute approximate surface area is 209 Å². The number of H-pyrrole nitrogens is 1. The summed E-state index contributed by atoms with van der Waals surface area (Å²) in [5.74, 6) is -1.12. The summed E-state index contributed by atoms with van der Waals surface area (Å²) in [5, 5.41) is 13.2. The first-order valence-corrected chi connectivity index (χ1v) is 13.3. The fourth-order valence-electron chi connectivity index (χ4n) is 4.55. The molecule has 188 valence electrons. The number of thioether (sulfide) groups is 1. The summed E-state index contributed by atoms with van der Waals surface area (Å²) in [4.78, 5) is 26.3. The Balaban J connectivity index is 0.000000420. The zero-order chi connectivity index (χ0) is 25.5. The molecule has 2 aromatic carbocycles. The molecule has 1 saturated carbocycles. The van der Waals surface area contributed by atoms with E-state index in [1.54, 1.807) is 24.3 Å². The molecule has 4 rings (SSSR count). The highest BCUT2D eigenvalue weighted by Gasteiger charge is 2.22. The topological polar surface area (TPSA) is 108 Å². The van der Waals surface area contributed by atoms with Crippen LogP contribution < -0.4 is 11.1 Å². The van der Waals surface area contributed by atoms with Gasteiger partial charge in [0.15, 0.2) is 0 Å². The average molecular weight is 500 g/mol. The van der Waals surface area contributed by atoms with Crippen LogP contribution in [0, 0.1) is 5.82 Å². The first-order chi connectivity index (χ1) is 16.7. The molecule has 8 heteroatoms. The Kier molecular flexibility index (Phi) is 9.34. The van der Waals surface area contributed by atoms with Gasteiger partial charge in [-0.3, -0.25) is 4.79 Å². The Bertz CT molecular complexity index is 1190. The molecule has 5 N–H and O–H groups in total. The summed E-state index contributed by atoms with van der Waals surface area (Å²) in [7, 11) is 0. The number of carboxylic acids is 1. The smallest absolute Gasteiger partial charge is 0.352 e. The second-order valence-electron chi connectivity index (χ2n) is 9.01. The number of aromatic amines is 1. The number of carbonyl (C=O) groups is 2. The fraction of sp³-hybridized carbons (Fsp3) is 0.407. The molecule has 6 nitrogen and oxygen atoms in total. The monoisotopic (exact) mass is 499 g/mol. The van der Waals surface area contributed by atoms with Gasteiger partial charge in [-0.05, 0) is 48.8 Å². The van der Waals surface area contributed by atoms with Crippen LogP contribution >= 0.6 is 11.8 Å². The van der Waals surface area contributed by atoms with Crippen LogP contribution in [0.3, 0.4) is 0 Å². The molecule has 1 aliphatic carbocycles. The van der Waals surface area contributed by atoms with E-state index >= 15 is 0 Å². The van der Waals surface area contributed by atoms with Crippen molar-refractivity contribution in [2.75, 3.05) is 6.26 Å². The van der Waals surface area contributed by atoms with Gasteiger partial charge in [0.2, 0.25) is 5.91 Å². The number of carbonyl (C=O) groups excluding carboxylic acids is 1. The summed E-state index contributed by atoms with van der Waals surface area (Å²) >= 11 is 1.52. The van der Waals surface area contributed by atoms with Crippen molar-refractivity contribution in [1.82, 2.24) is 10.3 Å². The van der Waals surface area contributed by atoms with Crippen molar-refractivity contribution in [3.05, 3.63) is 59.0 Å². The highest BCUT2D eigenvalue weighted by atomic mass is 32.2. The predicted octanol–water partition coefficient (Wildman–Crippen LogP) is 6.01. The zero-order valence-electron chi connectivity index (χ0n) is 20.5. The van der Waals surface area contributed by atoms with Gasteiger partial charge in [-0.1, -0.05) is 49.6 Å². The average Bonchev–Trinajstić information content (AvgIpc) is 3.21. The normalized spacial score (nSPS) is 14.8. The molecule has 1 amide bonds. The van der Waals surface area contributed by atoms with Crippen molar-refractivity contribution in [1.29, 1.82) is 0 Å². The van der Waals surface area contributed by atoms with Crippen LogP contribution in [0.1, 0.15) is 73.6 Å². The van der Waals surface area contributed by atoms with Gasteiger partial charge in [0.1, 0.15) is 11.5 Å². The molecule has 1 unspecified atom stereocenters. The maximum atomic E-state index is 14.5. The Hall–Kier alpha value is -2.84. The minimum absolute atomic E-state index is 0.00510. The third-order valence-electron chi connectivity index (χ3n) is 6.26. The maximum absolute atomic E-state index is 14.5. The van der Waals surface area contributed by atoms with E-state index in [1.165, 1.54) is 56.9 Å². The number of rotatable bonds is 6. The van der Waals surface area contributed by atoms with E-state index in [9.17, 15) is 19.1 Å². The number of halogens is 1. The van der Waals surface area contributed by atoms with Crippen molar-refractivity contribution < 1.29 is 19.1 Å². The van der Waals surface area contributed by atoms with Crippen LogP contribution in [0.4, 0.5) is 4.39 Å². The molecule has 0 spiro atoms. The quantitative estimate of drug-likeness (QED) is 0.332. The first kappa shape index (κ1) is 26.8. The predicted molar refractivity (Wildman–Crippen MR) is 141 cm³/mol. The number of aromatic carboxylic acids is 1. The van der Waals surface area contributed by atoms with Crippen LogP contribution in [0.15, 0.2) is 36.4 Å². The second-order valence-corrected chi connectivity index (χ2v) is 9.88. The minimum Gasteiger partial charge on any atom is -0.477 e. The molecule has 1 fully saturated rings. The second kappa shape index (κ2) is 12.2. The van der Waals surface area contributed by atoms with E-state index in [1.807, 2.05) is 19.2 Å². The molecule has 1 aliphatic rings. The van der Waals surface area contributed by atoms with Gasteiger partial charge in [-0.2, -0.15) is 11.8 Å². The van der Waals surface area contributed by atoms with Crippen molar-refractivity contribution in [2.24, 2.45) is 5.73 Å². The van der Waals surface area contributed by atoms with Crippen LogP contribution in [0.2, 0.25) is 0 Å². The summed E-state index contributed by atoms with van der Waals surface area (Å²) in [6, 6.07) is 10.5. The Morgan fingerprint density at radius 3 is 2.49 bits per heavy atom. The SMILES string of the molecule is CSCc1ccc(-c2c(C(=O)O)[nH]c3c(C(C)NC(C)=O)cccc23)cc1F.NC1CCCCC1. The van der Waals surface area contributed by atoms with Gasteiger partial charge >= 0.3 is 5.97 Å². The fourth-order valence-corrected chi connectivity index (χ4v) is 5.10. The standard InChI is InChI=1S/C21H21FN2O3S.C6H13N/c1-11(23-12(2)25)15-5-4-6-16-18(20(21(26)27)24-19(15)16)13-7-8-14(10-28-3)17(22)9-13;7-6-4-2-1-3-5-6/h4-9,11,24H,10H2,1-3H3,(H,23,25)(H,26,27);6H,1-5,7H2. The van der Waals surface area contributed by atoms with Crippen molar-refractivity contribution in [3.8, 4) is 11.1 Å². The lowest BCUT2D eigenvalue weighted by atomic mass is 9.97. The van der Waals surface area contributed by atoms with Gasteiger partial charge in [0.25, 0.3) is 0 Å². The lowest BCUT2D eigenvalue weighted by Crippen LogP contribution is -2.23. The number of nitrogens with one attached hydrogen (secondary N) is 2. The third kappa shape index (κ3) is 6.64. The van der Waals surface area contributed by atoms with Gasteiger partial charge in [0.05, 0.1) is 11.6 Å². The molecule has 1 aromatic heterocycles. The molecule has 0 saturated heterocycles. The molecule has 35 heavy (non-hydrogen) atoms. The van der Waals surface area contributed by atoms with Crippen LogP contribution in [0.25, 0.3) is 22.0 Å². The number of nitrogens with two attached hydrogens (primary N) is 1. The Morgan fingerprint density at radius 1 is 1.23 bits per heavy atom. The number of fused-ring (bicyclic) bond motifs is 1. The molecule has 0 bridgehead atoms. The number of para-hydroxylation sites is 1. The number of hydrogen-bond acceptors (Lipinski definition) is 4. The number of benzene rings is 2. The minimum atomic E-state index is -1.13. The highest BCUT2D eigenvalue weighted by molar-refractivity contribution is 7.97. The maximum Gasteiger partial charge on any atom is 0.352 e. The van der Waals surface area contributed by atoms with Crippen molar-refractivity contribution in [2.45, 2.75) is 63.8 Å². The van der Waals surface area contributed by atoms with Crippen LogP contribution in [-0.2, 0) is 10.5 Å². The largest absolute Gasteiger partial charge is 0.477 e. The summed E-state index contributed by atoms with van der Waals surface area (Å²) < 4.78 is 14.5. The lowest BCUT2D eigenvalue weighted by Gasteiger charge is -2.15. The summed E-state index contributed by atoms with van der Waals surface area (Å²) in [6.45, 7) is 3.26. The van der Waals surface area contributed by atoms with Crippen LogP contribution in [0.5, 0.6) is 0 Å². The summed E-state index contributed by atoms with van der Waals surface area (Å²) in [5.41, 5.74) is 8.52. The van der Waals surface area contributed by atoms with Crippen molar-refractivity contribution >= 4 is 34.5 Å². The van der Waals surface area contributed by atoms with E-state index < -0.39 is 5.97 Å². The molecule has 3 aromatic rings. The molecular formula is C27H34FN3O3S. The molecule has 1 atom stereocenters. The number of hydrogen-bond donors (Lipinski definition) is 4. The Morgan fingerprint density at radius 2 is 1.94 bits per heavy atom. The molecule has 1 heterocycles. The first-order valence-electron chi connectivity index (χ1n) is 11.9. The molecule has 0 aliphatic heterocycles. The van der Waals surface area contributed by atoms with E-state index in [2.05, 4.69) is 10.3 Å². The number of aromatic nitrogens is 1. The van der Waals surface area contributed by atoms with E-state index in [4.69, 9.17) is 5.73 Å². The van der Waals surface area contributed by atoms with Crippen molar-refractivity contribution in [3.63, 3.8) is 0 Å². The summed E-state index contributed by atoms with van der Waals surface area (Å²) in [6.07, 6.45) is 8.56. The third-order valence-corrected chi connectivity index (χ3v) is 6.86. The zero-order valence-corrected chi connectivity index (χ0v) is 21.3. The molecule has 0 radical (unpaired) electrons.